The number of rotatable bonds is 4. The average Bonchev–Trinajstić information content (AvgIpc) is 3.23. The molecule has 1 aliphatic heterocycles. The fourth-order valence-electron chi connectivity index (χ4n) is 3.80. The molecule has 1 aliphatic rings. The number of fused-ring (bicyclic) bond motifs is 1. The third-order valence-electron chi connectivity index (χ3n) is 5.05. The number of benzene rings is 2. The maximum Gasteiger partial charge on any atom is 0.243 e. The Hall–Kier alpha value is -2.11. The maximum absolute atomic E-state index is 13.1. The molecule has 3 aromatic rings. The molecule has 1 unspecified atom stereocenters. The minimum absolute atomic E-state index is 0.0183. The lowest BCUT2D eigenvalue weighted by molar-refractivity contribution is 0.386. The van der Waals surface area contributed by atoms with E-state index in [9.17, 15) is 8.42 Å². The molecule has 0 spiro atoms. The second kappa shape index (κ2) is 6.32. The lowest BCUT2D eigenvalue weighted by Crippen LogP contribution is -2.36. The van der Waals surface area contributed by atoms with Crippen LogP contribution < -0.4 is 0 Å². The van der Waals surface area contributed by atoms with Crippen LogP contribution >= 0.6 is 0 Å². The van der Waals surface area contributed by atoms with Gasteiger partial charge in [-0.1, -0.05) is 30.3 Å². The topological polar surface area (TPSA) is 53.2 Å². The van der Waals surface area contributed by atoms with Gasteiger partial charge in [0.05, 0.1) is 4.90 Å². The van der Waals surface area contributed by atoms with Gasteiger partial charge in [-0.15, -0.1) is 0 Å². The van der Waals surface area contributed by atoms with Gasteiger partial charge in [0.25, 0.3) is 0 Å². The van der Waals surface area contributed by atoms with E-state index >= 15 is 0 Å². The van der Waals surface area contributed by atoms with Crippen molar-refractivity contribution in [3.8, 4) is 0 Å². The van der Waals surface area contributed by atoms with Crippen molar-refractivity contribution >= 4 is 20.9 Å². The summed E-state index contributed by atoms with van der Waals surface area (Å²) in [6, 6.07) is 15.4. The number of sulfonamides is 1. The van der Waals surface area contributed by atoms with E-state index < -0.39 is 10.0 Å². The molecule has 1 atom stereocenters. The number of aromatic amines is 1. The highest BCUT2D eigenvalue weighted by Gasteiger charge is 2.35. The molecule has 1 N–H and O–H groups in total. The first kappa shape index (κ1) is 16.4. The molecular weight excluding hydrogens is 332 g/mol. The van der Waals surface area contributed by atoms with Crippen LogP contribution in [0.25, 0.3) is 10.9 Å². The third kappa shape index (κ3) is 2.98. The van der Waals surface area contributed by atoms with Crippen LogP contribution in [0.4, 0.5) is 0 Å². The largest absolute Gasteiger partial charge is 0.361 e. The Balaban J connectivity index is 1.64. The van der Waals surface area contributed by atoms with Crippen LogP contribution in [0.15, 0.2) is 59.6 Å². The highest BCUT2D eigenvalue weighted by Crippen LogP contribution is 2.30. The first-order valence-corrected chi connectivity index (χ1v) is 10.1. The molecule has 5 heteroatoms. The predicted octanol–water partition coefficient (Wildman–Crippen LogP) is 3.87. The van der Waals surface area contributed by atoms with Gasteiger partial charge in [0.1, 0.15) is 0 Å². The van der Waals surface area contributed by atoms with Crippen LogP contribution in [0.2, 0.25) is 0 Å². The number of hydrogen-bond acceptors (Lipinski definition) is 2. The Labute approximate surface area is 148 Å². The van der Waals surface area contributed by atoms with E-state index in [1.54, 1.807) is 16.4 Å². The van der Waals surface area contributed by atoms with Gasteiger partial charge in [0, 0.05) is 29.7 Å². The Morgan fingerprint density at radius 2 is 2.00 bits per heavy atom. The number of hydrogen-bond donors (Lipinski definition) is 1. The summed E-state index contributed by atoms with van der Waals surface area (Å²) in [6.07, 6.45) is 4.58. The molecule has 2 heterocycles. The summed E-state index contributed by atoms with van der Waals surface area (Å²) in [7, 11) is -3.44. The van der Waals surface area contributed by atoms with Crippen LogP contribution in [-0.2, 0) is 16.4 Å². The molecule has 1 saturated heterocycles. The Kier molecular flexibility index (Phi) is 4.13. The minimum atomic E-state index is -3.44. The number of nitrogens with zero attached hydrogens (tertiary/aromatic N) is 1. The SMILES string of the molecule is Cc1cccc(S(=O)(=O)N2CCCC2Cc2c[nH]c3ccccc23)c1. The molecule has 0 aliphatic carbocycles. The normalized spacial score (nSPS) is 18.8. The summed E-state index contributed by atoms with van der Waals surface area (Å²) >= 11 is 0. The molecule has 0 radical (unpaired) electrons. The number of para-hydroxylation sites is 1. The van der Waals surface area contributed by atoms with Gasteiger partial charge in [0.15, 0.2) is 0 Å². The van der Waals surface area contributed by atoms with Gasteiger partial charge in [-0.2, -0.15) is 4.31 Å². The molecule has 4 rings (SSSR count). The first-order chi connectivity index (χ1) is 12.1. The molecular formula is C20H22N2O2S. The van der Waals surface area contributed by atoms with Crippen molar-refractivity contribution in [1.82, 2.24) is 9.29 Å². The zero-order valence-electron chi connectivity index (χ0n) is 14.3. The summed E-state index contributed by atoms with van der Waals surface area (Å²) in [6.45, 7) is 2.52. The molecule has 0 bridgehead atoms. The summed E-state index contributed by atoms with van der Waals surface area (Å²) in [5.74, 6) is 0. The number of H-pyrrole nitrogens is 1. The van der Waals surface area contributed by atoms with Crippen molar-refractivity contribution in [2.75, 3.05) is 6.54 Å². The van der Waals surface area contributed by atoms with Crippen LogP contribution in [0.1, 0.15) is 24.0 Å². The van der Waals surface area contributed by atoms with E-state index in [0.29, 0.717) is 11.4 Å². The quantitative estimate of drug-likeness (QED) is 0.773. The second-order valence-electron chi connectivity index (χ2n) is 6.79. The highest BCUT2D eigenvalue weighted by atomic mass is 32.2. The van der Waals surface area contributed by atoms with E-state index in [1.807, 2.05) is 37.4 Å². The molecule has 130 valence electrons. The summed E-state index contributed by atoms with van der Waals surface area (Å²) < 4.78 is 27.9. The number of aromatic nitrogens is 1. The van der Waals surface area contributed by atoms with E-state index in [-0.39, 0.29) is 6.04 Å². The van der Waals surface area contributed by atoms with Gasteiger partial charge < -0.3 is 4.98 Å². The van der Waals surface area contributed by atoms with Crippen molar-refractivity contribution in [1.29, 1.82) is 0 Å². The fraction of sp³-hybridized carbons (Fsp3) is 0.300. The van der Waals surface area contributed by atoms with Crippen molar-refractivity contribution < 1.29 is 8.42 Å². The zero-order chi connectivity index (χ0) is 17.4. The Morgan fingerprint density at radius 3 is 2.84 bits per heavy atom. The van der Waals surface area contributed by atoms with E-state index in [2.05, 4.69) is 17.1 Å². The molecule has 1 fully saturated rings. The Bertz CT molecular complexity index is 1010. The monoisotopic (exact) mass is 354 g/mol. The van der Waals surface area contributed by atoms with Crippen LogP contribution in [-0.4, -0.2) is 30.3 Å². The average molecular weight is 354 g/mol. The molecule has 0 amide bonds. The summed E-state index contributed by atoms with van der Waals surface area (Å²) in [4.78, 5) is 3.69. The van der Waals surface area contributed by atoms with Gasteiger partial charge in [0.2, 0.25) is 10.0 Å². The van der Waals surface area contributed by atoms with Gasteiger partial charge in [-0.3, -0.25) is 0 Å². The number of nitrogens with one attached hydrogen (secondary N) is 1. The summed E-state index contributed by atoms with van der Waals surface area (Å²) in [5.41, 5.74) is 3.25. The van der Waals surface area contributed by atoms with Crippen LogP contribution in [0.5, 0.6) is 0 Å². The van der Waals surface area contributed by atoms with Crippen molar-refractivity contribution in [3.63, 3.8) is 0 Å². The van der Waals surface area contributed by atoms with Crippen LogP contribution in [0.3, 0.4) is 0 Å². The van der Waals surface area contributed by atoms with Gasteiger partial charge >= 0.3 is 0 Å². The van der Waals surface area contributed by atoms with E-state index in [0.717, 1.165) is 30.3 Å². The smallest absolute Gasteiger partial charge is 0.243 e. The lowest BCUT2D eigenvalue weighted by atomic mass is 10.0. The molecule has 0 saturated carbocycles. The standard InChI is InChI=1S/C20H22N2O2S/c1-15-6-4-8-18(12-15)25(23,24)22-11-5-7-17(22)13-16-14-21-20-10-3-2-9-19(16)20/h2-4,6,8-10,12,14,17,21H,5,7,11,13H2,1H3. The first-order valence-electron chi connectivity index (χ1n) is 8.69. The second-order valence-corrected chi connectivity index (χ2v) is 8.68. The van der Waals surface area contributed by atoms with E-state index in [1.165, 1.54) is 10.9 Å². The lowest BCUT2D eigenvalue weighted by Gasteiger charge is -2.24. The van der Waals surface area contributed by atoms with Gasteiger partial charge in [-0.05, 0) is 55.5 Å². The molecule has 25 heavy (non-hydrogen) atoms. The molecule has 4 nitrogen and oxygen atoms in total. The van der Waals surface area contributed by atoms with Crippen molar-refractivity contribution in [2.24, 2.45) is 0 Å². The maximum atomic E-state index is 13.1. The number of aryl methyl sites for hydroxylation is 1. The van der Waals surface area contributed by atoms with E-state index in [4.69, 9.17) is 0 Å². The fourth-order valence-corrected chi connectivity index (χ4v) is 5.59. The molecule has 1 aromatic heterocycles. The molecule has 2 aromatic carbocycles. The summed E-state index contributed by atoms with van der Waals surface area (Å²) in [5, 5.41) is 1.18. The predicted molar refractivity (Wildman–Crippen MR) is 100 cm³/mol. The highest BCUT2D eigenvalue weighted by molar-refractivity contribution is 7.89. The third-order valence-corrected chi connectivity index (χ3v) is 7.00. The Morgan fingerprint density at radius 1 is 1.16 bits per heavy atom. The minimum Gasteiger partial charge on any atom is -0.361 e. The van der Waals surface area contributed by atoms with Crippen molar-refractivity contribution in [3.05, 3.63) is 65.9 Å². The van der Waals surface area contributed by atoms with Crippen LogP contribution in [0, 0.1) is 6.92 Å². The van der Waals surface area contributed by atoms with Crippen molar-refractivity contribution in [2.45, 2.75) is 37.1 Å². The zero-order valence-corrected chi connectivity index (χ0v) is 15.1. The van der Waals surface area contributed by atoms with Gasteiger partial charge in [-0.25, -0.2) is 8.42 Å².